The van der Waals surface area contributed by atoms with E-state index in [2.05, 4.69) is 31.8 Å². The maximum Gasteiger partial charge on any atom is 0.270 e. The second kappa shape index (κ2) is 6.58. The molecule has 1 N–H and O–H groups in total. The molecule has 0 saturated carbocycles. The van der Waals surface area contributed by atoms with Crippen molar-refractivity contribution in [2.45, 2.75) is 57.3 Å². The molecule has 152 valence electrons. The molecule has 7 heteroatoms. The number of rotatable bonds is 1. The fourth-order valence-electron chi connectivity index (χ4n) is 4.63. The lowest BCUT2D eigenvalue weighted by molar-refractivity contribution is 0.0653. The van der Waals surface area contributed by atoms with Crippen LogP contribution in [0.15, 0.2) is 17.1 Å². The zero-order chi connectivity index (χ0) is 21.0. The predicted molar refractivity (Wildman–Crippen MR) is 109 cm³/mol. The Kier molecular flexibility index (Phi) is 4.41. The van der Waals surface area contributed by atoms with E-state index in [0.717, 1.165) is 42.8 Å². The number of hydrogen-bond acceptors (Lipinski definition) is 4. The summed E-state index contributed by atoms with van der Waals surface area (Å²) in [5.74, 6) is 0.685. The number of nitriles is 1. The topological polar surface area (TPSA) is 94.8 Å². The minimum atomic E-state index is -0.223. The maximum atomic E-state index is 13.0. The van der Waals surface area contributed by atoms with Gasteiger partial charge < -0.3 is 14.5 Å². The van der Waals surface area contributed by atoms with Crippen LogP contribution in [0.1, 0.15) is 73.2 Å². The maximum absolute atomic E-state index is 13.0. The van der Waals surface area contributed by atoms with Gasteiger partial charge >= 0.3 is 0 Å². The Balaban J connectivity index is 1.59. The number of piperidine rings is 1. The smallest absolute Gasteiger partial charge is 0.270 e. The van der Waals surface area contributed by atoms with Crippen molar-refractivity contribution in [1.29, 1.82) is 5.26 Å². The molecule has 1 amide bonds. The van der Waals surface area contributed by atoms with Crippen LogP contribution in [-0.2, 0) is 24.3 Å². The molecule has 0 bridgehead atoms. The van der Waals surface area contributed by atoms with Crippen molar-refractivity contribution < 1.29 is 4.79 Å². The van der Waals surface area contributed by atoms with Gasteiger partial charge in [-0.1, -0.05) is 20.8 Å². The number of aromatic amines is 1. The van der Waals surface area contributed by atoms with Crippen LogP contribution in [0.25, 0.3) is 0 Å². The number of aromatic nitrogens is 3. The molecule has 1 spiro atoms. The zero-order valence-corrected chi connectivity index (χ0v) is 17.5. The van der Waals surface area contributed by atoms with Gasteiger partial charge in [-0.2, -0.15) is 5.26 Å². The van der Waals surface area contributed by atoms with Crippen LogP contribution >= 0.6 is 0 Å². The van der Waals surface area contributed by atoms with E-state index in [1.54, 1.807) is 23.9 Å². The van der Waals surface area contributed by atoms with Gasteiger partial charge in [-0.25, -0.2) is 4.98 Å². The summed E-state index contributed by atoms with van der Waals surface area (Å²) in [5.41, 5.74) is 2.44. The number of carbonyl (C=O) groups is 1. The quantitative estimate of drug-likeness (QED) is 0.805. The molecule has 1 aliphatic carbocycles. The standard InChI is InChI=1S/C22H27N5O2/c1-21(2,3)20-24-17-15(18(28)25-20)5-6-22(17)7-9-27(10-8-22)19(29)16-11-14(12-23)13-26(16)4/h11,13H,5-10H2,1-4H3,(H,24,25,28). The number of fused-ring (bicyclic) bond motifs is 2. The van der Waals surface area contributed by atoms with Crippen LogP contribution in [0.2, 0.25) is 0 Å². The molecule has 0 atom stereocenters. The highest BCUT2D eigenvalue weighted by Crippen LogP contribution is 2.44. The summed E-state index contributed by atoms with van der Waals surface area (Å²) in [5, 5.41) is 9.08. The molecule has 0 radical (unpaired) electrons. The van der Waals surface area contributed by atoms with E-state index in [1.165, 1.54) is 0 Å². The molecule has 4 rings (SSSR count). The highest BCUT2D eigenvalue weighted by atomic mass is 16.2. The lowest BCUT2D eigenvalue weighted by Gasteiger charge is -2.39. The first-order valence-electron chi connectivity index (χ1n) is 10.1. The van der Waals surface area contributed by atoms with Gasteiger partial charge in [-0.3, -0.25) is 9.59 Å². The lowest BCUT2D eigenvalue weighted by atomic mass is 9.76. The van der Waals surface area contributed by atoms with Crippen molar-refractivity contribution >= 4 is 5.91 Å². The number of carbonyl (C=O) groups excluding carboxylic acids is 1. The number of hydrogen-bond donors (Lipinski definition) is 1. The molecular formula is C22H27N5O2. The molecule has 2 aromatic rings. The minimum Gasteiger partial charge on any atom is -0.345 e. The number of nitrogens with zero attached hydrogens (tertiary/aromatic N) is 4. The normalized spacial score (nSPS) is 18.0. The minimum absolute atomic E-state index is 0.0110. The molecule has 29 heavy (non-hydrogen) atoms. The molecule has 0 unspecified atom stereocenters. The number of H-pyrrole nitrogens is 1. The molecular weight excluding hydrogens is 366 g/mol. The summed E-state index contributed by atoms with van der Waals surface area (Å²) in [6.07, 6.45) is 4.95. The molecule has 1 saturated heterocycles. The van der Waals surface area contributed by atoms with Crippen molar-refractivity contribution in [3.63, 3.8) is 0 Å². The third kappa shape index (κ3) is 3.17. The fraction of sp³-hybridized carbons (Fsp3) is 0.545. The van der Waals surface area contributed by atoms with Crippen molar-refractivity contribution in [3.05, 3.63) is 51.0 Å². The third-order valence-corrected chi connectivity index (χ3v) is 6.44. The second-order valence-corrected chi connectivity index (χ2v) is 9.40. The Morgan fingerprint density at radius 2 is 1.97 bits per heavy atom. The average Bonchev–Trinajstić information content (AvgIpc) is 3.22. The average molecular weight is 393 g/mol. The van der Waals surface area contributed by atoms with Crippen LogP contribution < -0.4 is 5.56 Å². The van der Waals surface area contributed by atoms with Gasteiger partial charge in [-0.15, -0.1) is 0 Å². The lowest BCUT2D eigenvalue weighted by Crippen LogP contribution is -2.45. The highest BCUT2D eigenvalue weighted by Gasteiger charge is 2.45. The molecule has 3 heterocycles. The molecule has 1 aliphatic heterocycles. The van der Waals surface area contributed by atoms with Crippen molar-refractivity contribution in [3.8, 4) is 6.07 Å². The third-order valence-electron chi connectivity index (χ3n) is 6.44. The van der Waals surface area contributed by atoms with E-state index >= 15 is 0 Å². The Bertz CT molecular complexity index is 1070. The number of amides is 1. The predicted octanol–water partition coefficient (Wildman–Crippen LogP) is 2.40. The fourth-order valence-corrected chi connectivity index (χ4v) is 4.63. The summed E-state index contributed by atoms with van der Waals surface area (Å²) >= 11 is 0. The van der Waals surface area contributed by atoms with Gasteiger partial charge in [-0.05, 0) is 31.7 Å². The number of aryl methyl sites for hydroxylation is 1. The van der Waals surface area contributed by atoms with Gasteiger partial charge in [0.25, 0.3) is 11.5 Å². The SMILES string of the molecule is Cn1cc(C#N)cc1C(=O)N1CCC2(CCc3c2nc(C(C)(C)C)[nH]c3=O)CC1. The van der Waals surface area contributed by atoms with Crippen LogP contribution in [0, 0.1) is 11.3 Å². The Labute approximate surface area is 170 Å². The monoisotopic (exact) mass is 393 g/mol. The van der Waals surface area contributed by atoms with Crippen LogP contribution in [-0.4, -0.2) is 38.4 Å². The van der Waals surface area contributed by atoms with Crippen LogP contribution in [0.3, 0.4) is 0 Å². The van der Waals surface area contributed by atoms with Crippen molar-refractivity contribution in [2.24, 2.45) is 7.05 Å². The zero-order valence-electron chi connectivity index (χ0n) is 17.5. The molecule has 7 nitrogen and oxygen atoms in total. The van der Waals surface area contributed by atoms with Gasteiger partial charge in [0.2, 0.25) is 0 Å². The van der Waals surface area contributed by atoms with E-state index in [1.807, 2.05) is 4.90 Å². The van der Waals surface area contributed by atoms with Crippen molar-refractivity contribution in [1.82, 2.24) is 19.4 Å². The summed E-state index contributed by atoms with van der Waals surface area (Å²) < 4.78 is 1.72. The number of nitrogens with one attached hydrogen (secondary N) is 1. The van der Waals surface area contributed by atoms with E-state index < -0.39 is 0 Å². The first-order chi connectivity index (χ1) is 13.6. The molecule has 2 aliphatic rings. The molecule has 0 aromatic carbocycles. The number of likely N-dealkylation sites (tertiary alicyclic amines) is 1. The van der Waals surface area contributed by atoms with Gasteiger partial charge in [0.05, 0.1) is 11.3 Å². The molecule has 1 fully saturated rings. The second-order valence-electron chi connectivity index (χ2n) is 9.40. The first kappa shape index (κ1) is 19.4. The van der Waals surface area contributed by atoms with Crippen LogP contribution in [0.4, 0.5) is 0 Å². The largest absolute Gasteiger partial charge is 0.345 e. The van der Waals surface area contributed by atoms with Gasteiger partial charge in [0.1, 0.15) is 17.6 Å². The summed E-state index contributed by atoms with van der Waals surface area (Å²) in [4.78, 5) is 35.4. The highest BCUT2D eigenvalue weighted by molar-refractivity contribution is 5.93. The van der Waals surface area contributed by atoms with Gasteiger partial charge in [0, 0.05) is 42.7 Å². The van der Waals surface area contributed by atoms with Gasteiger partial charge in [0.15, 0.2) is 0 Å². The summed E-state index contributed by atoms with van der Waals surface area (Å²) in [6, 6.07) is 3.73. The summed E-state index contributed by atoms with van der Waals surface area (Å²) in [7, 11) is 1.79. The van der Waals surface area contributed by atoms with Crippen molar-refractivity contribution in [2.75, 3.05) is 13.1 Å². The van der Waals surface area contributed by atoms with E-state index in [4.69, 9.17) is 10.2 Å². The van der Waals surface area contributed by atoms with E-state index in [-0.39, 0.29) is 22.3 Å². The van der Waals surface area contributed by atoms with Crippen LogP contribution in [0.5, 0.6) is 0 Å². The first-order valence-corrected chi connectivity index (χ1v) is 10.1. The van der Waals surface area contributed by atoms with E-state index in [0.29, 0.717) is 24.3 Å². The Morgan fingerprint density at radius 1 is 1.28 bits per heavy atom. The summed E-state index contributed by atoms with van der Waals surface area (Å²) in [6.45, 7) is 7.41. The Hall–Kier alpha value is -2.88. The Morgan fingerprint density at radius 3 is 2.55 bits per heavy atom. The molecule has 2 aromatic heterocycles. The van der Waals surface area contributed by atoms with E-state index in [9.17, 15) is 9.59 Å².